The Labute approximate surface area is 157 Å². The van der Waals surface area contributed by atoms with Crippen LogP contribution in [0.15, 0.2) is 52.9 Å². The van der Waals surface area contributed by atoms with Crippen molar-refractivity contribution in [1.82, 2.24) is 5.32 Å². The van der Waals surface area contributed by atoms with Crippen LogP contribution >= 0.6 is 0 Å². The van der Waals surface area contributed by atoms with E-state index in [1.54, 1.807) is 12.1 Å². The smallest absolute Gasteiger partial charge is 0.313 e. The lowest BCUT2D eigenvalue weighted by Gasteiger charge is -2.21. The molecule has 1 aromatic heterocycles. The average Bonchev–Trinajstić information content (AvgIpc) is 3.08. The fourth-order valence-electron chi connectivity index (χ4n) is 2.85. The van der Waals surface area contributed by atoms with Crippen molar-refractivity contribution in [2.24, 2.45) is 0 Å². The summed E-state index contributed by atoms with van der Waals surface area (Å²) in [6.45, 7) is 5.07. The fraction of sp³-hybridized carbons (Fsp3) is 0.238. The van der Waals surface area contributed by atoms with E-state index in [0.29, 0.717) is 17.0 Å². The molecular weight excluding hydrogens is 344 g/mol. The molecule has 140 valence electrons. The van der Waals surface area contributed by atoms with E-state index in [-0.39, 0.29) is 6.54 Å². The molecule has 3 rings (SSSR count). The second-order valence-electron chi connectivity index (χ2n) is 6.83. The van der Waals surface area contributed by atoms with Gasteiger partial charge in [-0.3, -0.25) is 9.59 Å². The molecule has 1 unspecified atom stereocenters. The Bertz CT molecular complexity index is 951. The molecule has 0 bridgehead atoms. The lowest BCUT2D eigenvalue weighted by atomic mass is 10.0. The second-order valence-corrected chi connectivity index (χ2v) is 6.83. The van der Waals surface area contributed by atoms with Gasteiger partial charge in [0, 0.05) is 11.1 Å². The number of furan rings is 1. The van der Waals surface area contributed by atoms with Crippen molar-refractivity contribution in [3.05, 3.63) is 65.4 Å². The number of carbonyl (C=O) groups is 2. The van der Waals surface area contributed by atoms with E-state index in [1.807, 2.05) is 50.2 Å². The number of hydrogen-bond acceptors (Lipinski definition) is 4. The Morgan fingerprint density at radius 2 is 1.70 bits per heavy atom. The SMILES string of the molecule is Cc1cccc(C)c1NC(=O)C(=O)NCC(C)(O)c1cc2ccccc2o1. The van der Waals surface area contributed by atoms with Crippen LogP contribution in [0.1, 0.15) is 23.8 Å². The van der Waals surface area contributed by atoms with Crippen molar-refractivity contribution in [2.75, 3.05) is 11.9 Å². The highest BCUT2D eigenvalue weighted by Gasteiger charge is 2.29. The Balaban J connectivity index is 1.66. The second kappa shape index (κ2) is 7.25. The number of carbonyl (C=O) groups excluding carboxylic acids is 2. The van der Waals surface area contributed by atoms with Crippen molar-refractivity contribution < 1.29 is 19.1 Å². The number of nitrogens with one attached hydrogen (secondary N) is 2. The van der Waals surface area contributed by atoms with Gasteiger partial charge in [0.1, 0.15) is 16.9 Å². The maximum Gasteiger partial charge on any atom is 0.313 e. The maximum atomic E-state index is 12.2. The number of rotatable bonds is 4. The van der Waals surface area contributed by atoms with Crippen molar-refractivity contribution in [2.45, 2.75) is 26.4 Å². The van der Waals surface area contributed by atoms with E-state index in [2.05, 4.69) is 10.6 Å². The summed E-state index contributed by atoms with van der Waals surface area (Å²) in [4.78, 5) is 24.3. The lowest BCUT2D eigenvalue weighted by Crippen LogP contribution is -2.43. The molecule has 0 aliphatic rings. The fourth-order valence-corrected chi connectivity index (χ4v) is 2.85. The average molecular weight is 366 g/mol. The Morgan fingerprint density at radius 1 is 1.04 bits per heavy atom. The minimum atomic E-state index is -1.45. The van der Waals surface area contributed by atoms with Crippen LogP contribution in [0.2, 0.25) is 0 Å². The van der Waals surface area contributed by atoms with Crippen LogP contribution in [0.25, 0.3) is 11.0 Å². The van der Waals surface area contributed by atoms with E-state index in [4.69, 9.17) is 4.42 Å². The molecule has 0 spiro atoms. The maximum absolute atomic E-state index is 12.2. The zero-order valence-electron chi connectivity index (χ0n) is 15.5. The number of anilines is 1. The summed E-state index contributed by atoms with van der Waals surface area (Å²) in [5.74, 6) is -1.29. The van der Waals surface area contributed by atoms with Crippen molar-refractivity contribution >= 4 is 28.5 Å². The highest BCUT2D eigenvalue weighted by atomic mass is 16.4. The Morgan fingerprint density at radius 3 is 2.37 bits per heavy atom. The van der Waals surface area contributed by atoms with Crippen LogP contribution in [-0.4, -0.2) is 23.5 Å². The summed E-state index contributed by atoms with van der Waals surface area (Å²) in [6, 6.07) is 14.7. The van der Waals surface area contributed by atoms with Gasteiger partial charge in [-0.05, 0) is 44.0 Å². The molecule has 2 amide bonds. The van der Waals surface area contributed by atoms with Crippen molar-refractivity contribution in [3.63, 3.8) is 0 Å². The number of amides is 2. The van der Waals surface area contributed by atoms with Crippen LogP contribution in [0.5, 0.6) is 0 Å². The monoisotopic (exact) mass is 366 g/mol. The highest BCUT2D eigenvalue weighted by molar-refractivity contribution is 6.39. The summed E-state index contributed by atoms with van der Waals surface area (Å²) in [5.41, 5.74) is 1.54. The van der Waals surface area contributed by atoms with Crippen LogP contribution in [0.3, 0.4) is 0 Å². The van der Waals surface area contributed by atoms with Crippen LogP contribution in [0, 0.1) is 13.8 Å². The van der Waals surface area contributed by atoms with Crippen LogP contribution in [-0.2, 0) is 15.2 Å². The van der Waals surface area contributed by atoms with Crippen LogP contribution in [0.4, 0.5) is 5.69 Å². The molecule has 0 saturated heterocycles. The quantitative estimate of drug-likeness (QED) is 0.619. The number of benzene rings is 2. The van der Waals surface area contributed by atoms with E-state index < -0.39 is 17.4 Å². The molecule has 6 heteroatoms. The van der Waals surface area contributed by atoms with Crippen LogP contribution < -0.4 is 10.6 Å². The van der Waals surface area contributed by atoms with Crippen molar-refractivity contribution in [3.8, 4) is 0 Å². The van der Waals surface area contributed by atoms with Gasteiger partial charge in [0.15, 0.2) is 0 Å². The summed E-state index contributed by atoms with van der Waals surface area (Å²) >= 11 is 0. The van der Waals surface area contributed by atoms with Gasteiger partial charge in [0.25, 0.3) is 0 Å². The summed E-state index contributed by atoms with van der Waals surface area (Å²) in [6.07, 6.45) is 0. The first-order valence-electron chi connectivity index (χ1n) is 8.65. The lowest BCUT2D eigenvalue weighted by molar-refractivity contribution is -0.136. The third kappa shape index (κ3) is 4.01. The van der Waals surface area contributed by atoms with Gasteiger partial charge in [0.2, 0.25) is 0 Å². The molecule has 0 fully saturated rings. The minimum Gasteiger partial charge on any atom is -0.458 e. The van der Waals surface area contributed by atoms with E-state index in [1.165, 1.54) is 6.92 Å². The number of hydrogen-bond donors (Lipinski definition) is 3. The molecule has 1 atom stereocenters. The number of aryl methyl sites for hydroxylation is 2. The molecule has 3 N–H and O–H groups in total. The number of aliphatic hydroxyl groups is 1. The highest BCUT2D eigenvalue weighted by Crippen LogP contribution is 2.27. The molecule has 3 aromatic rings. The molecular formula is C21H22N2O4. The van der Waals surface area contributed by atoms with E-state index >= 15 is 0 Å². The third-order valence-electron chi connectivity index (χ3n) is 4.48. The zero-order valence-corrected chi connectivity index (χ0v) is 15.5. The molecule has 2 aromatic carbocycles. The van der Waals surface area contributed by atoms with Gasteiger partial charge in [-0.2, -0.15) is 0 Å². The standard InChI is InChI=1S/C21H22N2O4/c1-13-7-6-8-14(2)18(13)23-20(25)19(24)22-12-21(3,26)17-11-15-9-4-5-10-16(15)27-17/h4-11,26H,12H2,1-3H3,(H,22,24)(H,23,25). The van der Waals surface area contributed by atoms with Gasteiger partial charge in [-0.15, -0.1) is 0 Å². The Kier molecular flexibility index (Phi) is 5.01. The van der Waals surface area contributed by atoms with E-state index in [9.17, 15) is 14.7 Å². The van der Waals surface area contributed by atoms with Gasteiger partial charge >= 0.3 is 11.8 Å². The molecule has 27 heavy (non-hydrogen) atoms. The normalized spacial score (nSPS) is 13.2. The molecule has 0 saturated carbocycles. The predicted octanol–water partition coefficient (Wildman–Crippen LogP) is 3.01. The number of para-hydroxylation sites is 2. The zero-order chi connectivity index (χ0) is 19.6. The largest absolute Gasteiger partial charge is 0.458 e. The predicted molar refractivity (Wildman–Crippen MR) is 103 cm³/mol. The molecule has 0 aliphatic carbocycles. The third-order valence-corrected chi connectivity index (χ3v) is 4.48. The van der Waals surface area contributed by atoms with Gasteiger partial charge in [0.05, 0.1) is 6.54 Å². The molecule has 6 nitrogen and oxygen atoms in total. The molecule has 0 aliphatic heterocycles. The summed E-state index contributed by atoms with van der Waals surface area (Å²) < 4.78 is 5.65. The van der Waals surface area contributed by atoms with Crippen molar-refractivity contribution in [1.29, 1.82) is 0 Å². The minimum absolute atomic E-state index is 0.161. The summed E-state index contributed by atoms with van der Waals surface area (Å²) in [5, 5.41) is 16.6. The molecule has 0 radical (unpaired) electrons. The van der Waals surface area contributed by atoms with Gasteiger partial charge < -0.3 is 20.2 Å². The van der Waals surface area contributed by atoms with Gasteiger partial charge in [-0.1, -0.05) is 36.4 Å². The molecule has 1 heterocycles. The summed E-state index contributed by atoms with van der Waals surface area (Å²) in [7, 11) is 0. The first-order chi connectivity index (χ1) is 12.8. The van der Waals surface area contributed by atoms with E-state index in [0.717, 1.165) is 16.5 Å². The number of fused-ring (bicyclic) bond motifs is 1. The first kappa shape index (κ1) is 18.7. The topological polar surface area (TPSA) is 91.6 Å². The first-order valence-corrected chi connectivity index (χ1v) is 8.65. The van der Waals surface area contributed by atoms with Gasteiger partial charge in [-0.25, -0.2) is 0 Å². The Hall–Kier alpha value is -3.12.